The van der Waals surface area contributed by atoms with Gasteiger partial charge >= 0.3 is 0 Å². The monoisotopic (exact) mass is 213 g/mol. The van der Waals surface area contributed by atoms with E-state index < -0.39 is 0 Å². The lowest BCUT2D eigenvalue weighted by Crippen LogP contribution is -2.08. The van der Waals surface area contributed by atoms with Crippen LogP contribution in [-0.2, 0) is 0 Å². The van der Waals surface area contributed by atoms with Gasteiger partial charge in [-0.1, -0.05) is 0 Å². The molecule has 2 heterocycles. The molecular formula is C11H7N3O2. The Hall–Kier alpha value is -2.43. The average molecular weight is 213 g/mol. The summed E-state index contributed by atoms with van der Waals surface area (Å²) in [5.74, 6) is -0.358. The molecule has 0 bridgehead atoms. The maximum absolute atomic E-state index is 11.9. The van der Waals surface area contributed by atoms with Crippen LogP contribution in [0.5, 0.6) is 0 Å². The molecule has 0 aliphatic carbocycles. The summed E-state index contributed by atoms with van der Waals surface area (Å²) in [5, 5.41) is 0. The quantitative estimate of drug-likeness (QED) is 0.559. The Morgan fingerprint density at radius 2 is 2.06 bits per heavy atom. The van der Waals surface area contributed by atoms with Crippen molar-refractivity contribution in [2.45, 2.75) is 0 Å². The standard InChI is InChI=1S/C11H7N3O2/c15-7-10-8(2-1-3-13-10)11(16)9-6-12-4-5-14-9/h1-7H. The third-order valence-electron chi connectivity index (χ3n) is 1.99. The first-order valence-corrected chi connectivity index (χ1v) is 4.54. The predicted molar refractivity (Wildman–Crippen MR) is 55.1 cm³/mol. The molecule has 0 unspecified atom stereocenters. The van der Waals surface area contributed by atoms with Crippen molar-refractivity contribution < 1.29 is 9.59 Å². The Kier molecular flexibility index (Phi) is 2.77. The number of carbonyl (C=O) groups excluding carboxylic acids is 2. The Bertz CT molecular complexity index is 526. The number of ketones is 1. The molecule has 2 aromatic rings. The van der Waals surface area contributed by atoms with Crippen molar-refractivity contribution in [1.29, 1.82) is 0 Å². The molecule has 5 nitrogen and oxygen atoms in total. The van der Waals surface area contributed by atoms with Gasteiger partial charge in [0.1, 0.15) is 11.4 Å². The van der Waals surface area contributed by atoms with E-state index in [1.165, 1.54) is 30.9 Å². The molecule has 0 aliphatic heterocycles. The molecule has 0 saturated heterocycles. The zero-order valence-corrected chi connectivity index (χ0v) is 8.20. The van der Waals surface area contributed by atoms with E-state index in [2.05, 4.69) is 15.0 Å². The summed E-state index contributed by atoms with van der Waals surface area (Å²) in [6, 6.07) is 3.13. The van der Waals surface area contributed by atoms with Crippen molar-refractivity contribution >= 4 is 12.1 Å². The maximum atomic E-state index is 11.9. The Labute approximate surface area is 91.2 Å². The second-order valence-electron chi connectivity index (χ2n) is 2.97. The largest absolute Gasteiger partial charge is 0.296 e. The van der Waals surface area contributed by atoms with Crippen molar-refractivity contribution in [3.05, 3.63) is 53.9 Å². The lowest BCUT2D eigenvalue weighted by molar-refractivity contribution is 0.102. The molecule has 0 amide bonds. The lowest BCUT2D eigenvalue weighted by atomic mass is 10.1. The highest BCUT2D eigenvalue weighted by molar-refractivity contribution is 6.10. The van der Waals surface area contributed by atoms with Gasteiger partial charge in [0.05, 0.1) is 11.8 Å². The van der Waals surface area contributed by atoms with Crippen molar-refractivity contribution in [2.24, 2.45) is 0 Å². The number of aromatic nitrogens is 3. The third-order valence-corrected chi connectivity index (χ3v) is 1.99. The minimum absolute atomic E-state index is 0.109. The van der Waals surface area contributed by atoms with Crippen molar-refractivity contribution in [3.8, 4) is 0 Å². The fourth-order valence-corrected chi connectivity index (χ4v) is 1.26. The van der Waals surface area contributed by atoms with Gasteiger partial charge < -0.3 is 0 Å². The number of nitrogens with zero attached hydrogens (tertiary/aromatic N) is 3. The topological polar surface area (TPSA) is 72.8 Å². The highest BCUT2D eigenvalue weighted by Crippen LogP contribution is 2.08. The summed E-state index contributed by atoms with van der Waals surface area (Å²) in [4.78, 5) is 34.1. The van der Waals surface area contributed by atoms with Crippen LogP contribution in [0.4, 0.5) is 0 Å². The third kappa shape index (κ3) is 1.83. The average Bonchev–Trinajstić information content (AvgIpc) is 2.39. The van der Waals surface area contributed by atoms with Crippen LogP contribution in [0, 0.1) is 0 Å². The molecule has 2 rings (SSSR count). The van der Waals surface area contributed by atoms with E-state index >= 15 is 0 Å². The zero-order valence-electron chi connectivity index (χ0n) is 8.20. The van der Waals surface area contributed by atoms with Crippen LogP contribution in [0.3, 0.4) is 0 Å². The van der Waals surface area contributed by atoms with Gasteiger partial charge in [-0.2, -0.15) is 0 Å². The van der Waals surface area contributed by atoms with Crippen molar-refractivity contribution in [3.63, 3.8) is 0 Å². The highest BCUT2D eigenvalue weighted by Gasteiger charge is 2.14. The summed E-state index contributed by atoms with van der Waals surface area (Å²) in [6.07, 6.45) is 6.25. The molecule has 0 N–H and O–H groups in total. The van der Waals surface area contributed by atoms with Crippen molar-refractivity contribution in [1.82, 2.24) is 15.0 Å². The molecule has 0 aromatic carbocycles. The van der Waals surface area contributed by atoms with E-state index in [-0.39, 0.29) is 22.7 Å². The number of pyridine rings is 1. The van der Waals surface area contributed by atoms with E-state index in [1.807, 2.05) is 0 Å². The summed E-state index contributed by atoms with van der Waals surface area (Å²) in [7, 11) is 0. The molecule has 16 heavy (non-hydrogen) atoms. The molecule has 0 spiro atoms. The van der Waals surface area contributed by atoms with Crippen molar-refractivity contribution in [2.75, 3.05) is 0 Å². The SMILES string of the molecule is O=Cc1ncccc1C(=O)c1cnccn1. The molecule has 5 heteroatoms. The second kappa shape index (κ2) is 4.39. The normalized spacial score (nSPS) is 9.75. The maximum Gasteiger partial charge on any atom is 0.215 e. The van der Waals surface area contributed by atoms with E-state index in [4.69, 9.17) is 0 Å². The number of carbonyl (C=O) groups is 2. The summed E-state index contributed by atoms with van der Waals surface area (Å²) < 4.78 is 0. The first kappa shape index (κ1) is 10.1. The predicted octanol–water partition coefficient (Wildman–Crippen LogP) is 0.915. The summed E-state index contributed by atoms with van der Waals surface area (Å²) >= 11 is 0. The van der Waals surface area contributed by atoms with Gasteiger partial charge in [0, 0.05) is 18.6 Å². The summed E-state index contributed by atoms with van der Waals surface area (Å²) in [6.45, 7) is 0. The van der Waals surface area contributed by atoms with Gasteiger partial charge in [0.2, 0.25) is 5.78 Å². The lowest BCUT2D eigenvalue weighted by Gasteiger charge is -2.01. The molecule has 2 aromatic heterocycles. The zero-order chi connectivity index (χ0) is 11.4. The molecule has 0 aliphatic rings. The molecule has 0 fully saturated rings. The number of hydrogen-bond donors (Lipinski definition) is 0. The van der Waals surface area contributed by atoms with E-state index in [0.29, 0.717) is 6.29 Å². The fraction of sp³-hybridized carbons (Fsp3) is 0. The number of aldehydes is 1. The number of hydrogen-bond acceptors (Lipinski definition) is 5. The first-order chi connectivity index (χ1) is 7.83. The van der Waals surface area contributed by atoms with Gasteiger partial charge in [0.25, 0.3) is 0 Å². The Balaban J connectivity index is 2.46. The Morgan fingerprint density at radius 1 is 1.19 bits per heavy atom. The molecule has 0 atom stereocenters. The van der Waals surface area contributed by atoms with Crippen LogP contribution in [0.25, 0.3) is 0 Å². The van der Waals surface area contributed by atoms with Crippen LogP contribution in [0.15, 0.2) is 36.9 Å². The van der Waals surface area contributed by atoms with Gasteiger partial charge in [-0.05, 0) is 12.1 Å². The second-order valence-corrected chi connectivity index (χ2v) is 2.97. The molecular weight excluding hydrogens is 206 g/mol. The minimum Gasteiger partial charge on any atom is -0.296 e. The van der Waals surface area contributed by atoms with Gasteiger partial charge in [0.15, 0.2) is 6.29 Å². The minimum atomic E-state index is -0.358. The van der Waals surface area contributed by atoms with Crippen LogP contribution >= 0.6 is 0 Å². The molecule has 78 valence electrons. The number of rotatable bonds is 3. The van der Waals surface area contributed by atoms with E-state index in [9.17, 15) is 9.59 Å². The van der Waals surface area contributed by atoms with Crippen LogP contribution in [-0.4, -0.2) is 27.0 Å². The van der Waals surface area contributed by atoms with Crippen LogP contribution < -0.4 is 0 Å². The first-order valence-electron chi connectivity index (χ1n) is 4.54. The summed E-state index contributed by atoms with van der Waals surface area (Å²) in [5.41, 5.74) is 0.537. The Morgan fingerprint density at radius 3 is 2.75 bits per heavy atom. The van der Waals surface area contributed by atoms with Gasteiger partial charge in [-0.15, -0.1) is 0 Å². The van der Waals surface area contributed by atoms with Crippen LogP contribution in [0.1, 0.15) is 26.5 Å². The van der Waals surface area contributed by atoms with E-state index in [0.717, 1.165) is 0 Å². The van der Waals surface area contributed by atoms with Gasteiger partial charge in [-0.3, -0.25) is 19.6 Å². The molecule has 0 saturated carbocycles. The highest BCUT2D eigenvalue weighted by atomic mass is 16.1. The smallest absolute Gasteiger partial charge is 0.215 e. The van der Waals surface area contributed by atoms with Crippen LogP contribution in [0.2, 0.25) is 0 Å². The van der Waals surface area contributed by atoms with Gasteiger partial charge in [-0.25, -0.2) is 4.98 Å². The molecule has 0 radical (unpaired) electrons. The van der Waals surface area contributed by atoms with E-state index in [1.54, 1.807) is 6.07 Å². The fourth-order valence-electron chi connectivity index (χ4n) is 1.26.